The van der Waals surface area contributed by atoms with Gasteiger partial charge in [-0.1, -0.05) is 22.4 Å². The van der Waals surface area contributed by atoms with E-state index in [9.17, 15) is 18.0 Å². The molecule has 4 nitrogen and oxygen atoms in total. The highest BCUT2D eigenvalue weighted by atomic mass is 79.9. The Morgan fingerprint density at radius 2 is 1.96 bits per heavy atom. The molecule has 1 aliphatic rings. The Morgan fingerprint density at radius 1 is 1.29 bits per heavy atom. The fourth-order valence-corrected chi connectivity index (χ4v) is 3.19. The van der Waals surface area contributed by atoms with Gasteiger partial charge < -0.3 is 5.32 Å². The predicted molar refractivity (Wildman–Crippen MR) is 92.2 cm³/mol. The summed E-state index contributed by atoms with van der Waals surface area (Å²) in [6.07, 6.45) is -1.88. The maximum Gasteiger partial charge on any atom is 0.416 e. The third kappa shape index (κ3) is 4.60. The summed E-state index contributed by atoms with van der Waals surface area (Å²) in [6, 6.07) is 3.62. The molecule has 0 aliphatic heterocycles. The average Bonchev–Trinajstić information content (AvgIpc) is 2.46. The Bertz CT molecular complexity index is 635. The van der Waals surface area contributed by atoms with Crippen LogP contribution < -0.4 is 16.2 Å². The topological polar surface area (TPSA) is 53.2 Å². The lowest BCUT2D eigenvalue weighted by molar-refractivity contribution is -0.138. The second-order valence-electron chi connectivity index (χ2n) is 5.63. The number of hydrogen-bond donors (Lipinski definition) is 3. The van der Waals surface area contributed by atoms with Gasteiger partial charge in [0, 0.05) is 11.5 Å². The molecule has 1 fully saturated rings. The van der Waals surface area contributed by atoms with Crippen LogP contribution in [-0.2, 0) is 11.0 Å². The summed E-state index contributed by atoms with van der Waals surface area (Å²) in [5.41, 5.74) is 4.57. The Morgan fingerprint density at radius 3 is 2.46 bits per heavy atom. The minimum atomic E-state index is -4.47. The summed E-state index contributed by atoms with van der Waals surface area (Å²) in [6.45, 7) is 0. The number of nitrogens with one attached hydrogen (secondary N) is 3. The van der Waals surface area contributed by atoms with Gasteiger partial charge in [-0.25, -0.2) is 0 Å². The van der Waals surface area contributed by atoms with Crippen LogP contribution in [-0.4, -0.2) is 18.1 Å². The number of amides is 1. The number of alkyl halides is 3. The lowest BCUT2D eigenvalue weighted by Gasteiger charge is -2.33. The van der Waals surface area contributed by atoms with Crippen molar-refractivity contribution in [1.82, 2.24) is 16.2 Å². The molecule has 1 saturated carbocycles. The van der Waals surface area contributed by atoms with E-state index in [0.717, 1.165) is 31.4 Å². The van der Waals surface area contributed by atoms with Gasteiger partial charge in [0.25, 0.3) is 0 Å². The molecule has 1 unspecified atom stereocenters. The second kappa shape index (κ2) is 7.69. The van der Waals surface area contributed by atoms with Crippen LogP contribution in [0.15, 0.2) is 22.7 Å². The van der Waals surface area contributed by atoms with E-state index in [0.29, 0.717) is 10.0 Å². The van der Waals surface area contributed by atoms with Gasteiger partial charge in [0.05, 0.1) is 11.5 Å². The lowest BCUT2D eigenvalue weighted by atomic mass is 9.72. The largest absolute Gasteiger partial charge is 0.416 e. The van der Waals surface area contributed by atoms with Gasteiger partial charge in [-0.15, -0.1) is 0 Å². The van der Waals surface area contributed by atoms with Gasteiger partial charge in [-0.3, -0.25) is 15.6 Å². The highest BCUT2D eigenvalue weighted by molar-refractivity contribution is 9.10. The van der Waals surface area contributed by atoms with Gasteiger partial charge >= 0.3 is 6.18 Å². The Balaban J connectivity index is 2.29. The van der Waals surface area contributed by atoms with Gasteiger partial charge in [0.2, 0.25) is 5.91 Å². The highest BCUT2D eigenvalue weighted by Gasteiger charge is 2.37. The first-order chi connectivity index (χ1) is 11.2. The van der Waals surface area contributed by atoms with Crippen molar-refractivity contribution in [2.75, 3.05) is 7.05 Å². The maximum absolute atomic E-state index is 13.0. The van der Waals surface area contributed by atoms with E-state index in [2.05, 4.69) is 32.1 Å². The molecule has 0 radical (unpaired) electrons. The van der Waals surface area contributed by atoms with Crippen LogP contribution in [0.5, 0.6) is 0 Å². The van der Waals surface area contributed by atoms with Crippen molar-refractivity contribution >= 4 is 39.2 Å². The summed E-state index contributed by atoms with van der Waals surface area (Å²) in [7, 11) is 1.59. The first-order valence-electron chi connectivity index (χ1n) is 7.37. The molecule has 24 heavy (non-hydrogen) atoms. The number of hydrazine groups is 1. The van der Waals surface area contributed by atoms with Crippen molar-refractivity contribution in [2.24, 2.45) is 5.92 Å². The predicted octanol–water partition coefficient (Wildman–Crippen LogP) is 3.48. The fourth-order valence-electron chi connectivity index (χ4n) is 2.62. The van der Waals surface area contributed by atoms with Crippen molar-refractivity contribution in [1.29, 1.82) is 0 Å². The Labute approximate surface area is 151 Å². The molecule has 2 rings (SSSR count). The van der Waals surface area contributed by atoms with E-state index < -0.39 is 23.6 Å². The zero-order chi connectivity index (χ0) is 17.9. The molecule has 3 N–H and O–H groups in total. The van der Waals surface area contributed by atoms with Crippen molar-refractivity contribution < 1.29 is 18.0 Å². The van der Waals surface area contributed by atoms with E-state index in [-0.39, 0.29) is 11.0 Å². The first kappa shape index (κ1) is 19.0. The zero-order valence-corrected chi connectivity index (χ0v) is 15.2. The van der Waals surface area contributed by atoms with Gasteiger partial charge in [0.1, 0.15) is 0 Å². The van der Waals surface area contributed by atoms with E-state index in [4.69, 9.17) is 12.2 Å². The van der Waals surface area contributed by atoms with Crippen LogP contribution in [0.2, 0.25) is 0 Å². The minimum absolute atomic E-state index is 0.0188. The van der Waals surface area contributed by atoms with Gasteiger partial charge in [-0.05, 0) is 54.7 Å². The van der Waals surface area contributed by atoms with Crippen molar-refractivity contribution in [3.8, 4) is 0 Å². The smallest absolute Gasteiger partial charge is 0.364 e. The zero-order valence-electron chi connectivity index (χ0n) is 12.8. The average molecular weight is 424 g/mol. The van der Waals surface area contributed by atoms with Crippen LogP contribution in [0, 0.1) is 5.92 Å². The summed E-state index contributed by atoms with van der Waals surface area (Å²) < 4.78 is 39.4. The molecule has 0 aromatic heterocycles. The van der Waals surface area contributed by atoms with Crippen LogP contribution in [0.4, 0.5) is 13.2 Å². The van der Waals surface area contributed by atoms with E-state index in [1.807, 2.05) is 0 Å². The molecular formula is C15H17BrF3N3OS. The van der Waals surface area contributed by atoms with Crippen molar-refractivity contribution in [3.05, 3.63) is 33.8 Å². The summed E-state index contributed by atoms with van der Waals surface area (Å²) in [4.78, 5) is 12.5. The van der Waals surface area contributed by atoms with Crippen LogP contribution >= 0.6 is 28.1 Å². The summed E-state index contributed by atoms with van der Waals surface area (Å²) >= 11 is 7.99. The van der Waals surface area contributed by atoms with E-state index in [1.165, 1.54) is 0 Å². The monoisotopic (exact) mass is 423 g/mol. The molecule has 1 amide bonds. The second-order valence-corrected chi connectivity index (χ2v) is 6.96. The highest BCUT2D eigenvalue weighted by Crippen LogP contribution is 2.42. The molecule has 0 saturated heterocycles. The molecular weight excluding hydrogens is 407 g/mol. The third-order valence-corrected chi connectivity index (χ3v) is 4.80. The number of hydrogen-bond acceptors (Lipinski definition) is 2. The number of thiocarbonyl (C=S) groups is 1. The molecule has 0 bridgehead atoms. The van der Waals surface area contributed by atoms with E-state index in [1.54, 1.807) is 13.1 Å². The van der Waals surface area contributed by atoms with Gasteiger partial charge in [0.15, 0.2) is 5.11 Å². The van der Waals surface area contributed by atoms with Crippen LogP contribution in [0.25, 0.3) is 0 Å². The third-order valence-electron chi connectivity index (χ3n) is 4.04. The summed E-state index contributed by atoms with van der Waals surface area (Å²) in [5, 5.41) is 2.87. The van der Waals surface area contributed by atoms with Crippen molar-refractivity contribution in [3.63, 3.8) is 0 Å². The van der Waals surface area contributed by atoms with Gasteiger partial charge in [-0.2, -0.15) is 13.2 Å². The number of benzene rings is 1. The summed E-state index contributed by atoms with van der Waals surface area (Å²) in [5.74, 6) is -1.04. The molecule has 1 aromatic carbocycles. The number of carbonyl (C=O) groups is 1. The number of rotatable bonds is 3. The lowest BCUT2D eigenvalue weighted by Crippen LogP contribution is -2.48. The molecule has 0 heterocycles. The van der Waals surface area contributed by atoms with Crippen LogP contribution in [0.3, 0.4) is 0 Å². The van der Waals surface area contributed by atoms with Crippen LogP contribution in [0.1, 0.15) is 36.3 Å². The maximum atomic E-state index is 13.0. The molecule has 0 spiro atoms. The number of halogens is 4. The normalized spacial score (nSPS) is 16.0. The molecule has 1 aromatic rings. The molecule has 1 atom stereocenters. The molecule has 132 valence electrons. The van der Waals surface area contributed by atoms with Crippen molar-refractivity contribution in [2.45, 2.75) is 31.4 Å². The first-order valence-corrected chi connectivity index (χ1v) is 8.57. The van der Waals surface area contributed by atoms with E-state index >= 15 is 0 Å². The quantitative estimate of drug-likeness (QED) is 0.514. The fraction of sp³-hybridized carbons (Fsp3) is 0.467. The standard InChI is InChI=1S/C15H17BrF3N3OS/c1-20-14(24)22-21-13(23)12(8-3-2-4-8)9-5-10(15(17,18)19)7-11(16)6-9/h5-8,12H,2-4H2,1H3,(H,21,23)(H2,20,22,24). The molecule has 9 heteroatoms. The number of carbonyl (C=O) groups excluding carboxylic acids is 1. The SMILES string of the molecule is CNC(=S)NNC(=O)C(c1cc(Br)cc(C(F)(F)F)c1)C1CCC1. The Hall–Kier alpha value is -1.35. The molecule has 1 aliphatic carbocycles. The minimum Gasteiger partial charge on any atom is -0.364 e. The Kier molecular flexibility index (Phi) is 6.08.